The van der Waals surface area contributed by atoms with Crippen LogP contribution >= 0.6 is 0 Å². The van der Waals surface area contributed by atoms with Crippen LogP contribution in [0.25, 0.3) is 0 Å². The van der Waals surface area contributed by atoms with Crippen molar-refractivity contribution in [1.29, 1.82) is 0 Å². The molecule has 0 saturated carbocycles. The number of methoxy groups -OCH3 is 1. The van der Waals surface area contributed by atoms with Crippen molar-refractivity contribution < 1.29 is 19.4 Å². The summed E-state index contributed by atoms with van der Waals surface area (Å²) in [7, 11) is 1.69. The molecule has 1 aromatic carbocycles. The second kappa shape index (κ2) is 8.70. The van der Waals surface area contributed by atoms with Gasteiger partial charge in [0.1, 0.15) is 12.4 Å². The van der Waals surface area contributed by atoms with E-state index in [0.29, 0.717) is 19.7 Å². The molecule has 2 aliphatic heterocycles. The summed E-state index contributed by atoms with van der Waals surface area (Å²) in [5.74, 6) is 0.843. The highest BCUT2D eigenvalue weighted by Crippen LogP contribution is 2.29. The van der Waals surface area contributed by atoms with Crippen LogP contribution in [0.4, 0.5) is 5.69 Å². The summed E-state index contributed by atoms with van der Waals surface area (Å²) in [4.78, 5) is 18.5. The van der Waals surface area contributed by atoms with E-state index >= 15 is 0 Å². The maximum Gasteiger partial charge on any atom is 0.248 e. The Hall–Kier alpha value is -1.83. The van der Waals surface area contributed by atoms with Crippen molar-refractivity contribution in [2.75, 3.05) is 64.5 Å². The van der Waals surface area contributed by atoms with Gasteiger partial charge in [-0.1, -0.05) is 12.1 Å². The van der Waals surface area contributed by atoms with Gasteiger partial charge < -0.3 is 24.4 Å². The van der Waals surface area contributed by atoms with Crippen LogP contribution in [0.1, 0.15) is 6.92 Å². The van der Waals surface area contributed by atoms with Gasteiger partial charge >= 0.3 is 0 Å². The number of para-hydroxylation sites is 2. The fraction of sp³-hybridized carbons (Fsp3) is 0.632. The molecule has 2 fully saturated rings. The quantitative estimate of drug-likeness (QED) is 0.791. The molecule has 144 valence electrons. The second-order valence-electron chi connectivity index (χ2n) is 6.77. The van der Waals surface area contributed by atoms with Gasteiger partial charge in [0.25, 0.3) is 0 Å². The molecule has 1 amide bonds. The Kier molecular flexibility index (Phi) is 6.34. The maximum atomic E-state index is 12.1. The number of ether oxygens (including phenoxy) is 2. The number of nitrogens with zero attached hydrogens (tertiary/aromatic N) is 3. The van der Waals surface area contributed by atoms with E-state index in [0.717, 1.165) is 37.6 Å². The number of carbonyl (C=O) groups is 1. The van der Waals surface area contributed by atoms with Crippen LogP contribution in [0.2, 0.25) is 0 Å². The van der Waals surface area contributed by atoms with Crippen LogP contribution in [0.5, 0.6) is 5.75 Å². The van der Waals surface area contributed by atoms with Gasteiger partial charge in [-0.15, -0.1) is 0 Å². The molecule has 0 aromatic heterocycles. The number of rotatable bonds is 6. The Bertz CT molecular complexity index is 604. The molecule has 2 heterocycles. The van der Waals surface area contributed by atoms with E-state index in [4.69, 9.17) is 9.47 Å². The SMILES string of the molecule is CCOCC(=O)N1C[C@H](O)[C@@H](N2CCN(c3ccccc3OC)CC2)C1. The van der Waals surface area contributed by atoms with Crippen LogP contribution in [0.15, 0.2) is 24.3 Å². The van der Waals surface area contributed by atoms with Crippen molar-refractivity contribution in [2.24, 2.45) is 0 Å². The summed E-state index contributed by atoms with van der Waals surface area (Å²) in [6.07, 6.45) is -0.501. The summed E-state index contributed by atoms with van der Waals surface area (Å²) in [6.45, 7) is 6.91. The zero-order chi connectivity index (χ0) is 18.5. The molecule has 1 N–H and O–H groups in total. The molecule has 3 rings (SSSR count). The third-order valence-corrected chi connectivity index (χ3v) is 5.25. The van der Waals surface area contributed by atoms with Gasteiger partial charge in [0.05, 0.1) is 24.9 Å². The number of amides is 1. The summed E-state index contributed by atoms with van der Waals surface area (Å²) >= 11 is 0. The Labute approximate surface area is 155 Å². The predicted octanol–water partition coefficient (Wildman–Crippen LogP) is 0.425. The lowest BCUT2D eigenvalue weighted by Gasteiger charge is -2.40. The highest BCUT2D eigenvalue weighted by molar-refractivity contribution is 5.78. The lowest BCUT2D eigenvalue weighted by molar-refractivity contribution is -0.135. The number of aliphatic hydroxyl groups is 1. The van der Waals surface area contributed by atoms with E-state index in [1.165, 1.54) is 0 Å². The first-order valence-corrected chi connectivity index (χ1v) is 9.29. The van der Waals surface area contributed by atoms with Gasteiger partial charge in [-0.05, 0) is 19.1 Å². The van der Waals surface area contributed by atoms with Crippen LogP contribution in [0.3, 0.4) is 0 Å². The van der Waals surface area contributed by atoms with E-state index in [9.17, 15) is 9.90 Å². The molecule has 0 bridgehead atoms. The summed E-state index contributed by atoms with van der Waals surface area (Å²) in [5.41, 5.74) is 1.11. The predicted molar refractivity (Wildman–Crippen MR) is 99.6 cm³/mol. The van der Waals surface area contributed by atoms with Crippen LogP contribution in [-0.4, -0.2) is 92.6 Å². The van der Waals surface area contributed by atoms with Crippen molar-refractivity contribution in [3.8, 4) is 5.75 Å². The molecule has 2 saturated heterocycles. The van der Waals surface area contributed by atoms with Crippen LogP contribution < -0.4 is 9.64 Å². The first kappa shape index (κ1) is 18.9. The molecule has 0 spiro atoms. The molecule has 7 nitrogen and oxygen atoms in total. The Morgan fingerprint density at radius 3 is 2.62 bits per heavy atom. The minimum Gasteiger partial charge on any atom is -0.495 e. The number of anilines is 1. The lowest BCUT2D eigenvalue weighted by Crippen LogP contribution is -2.54. The number of hydrogen-bond acceptors (Lipinski definition) is 6. The minimum atomic E-state index is -0.501. The van der Waals surface area contributed by atoms with E-state index < -0.39 is 6.10 Å². The standard InChI is InChI=1S/C19H29N3O4/c1-3-26-14-19(24)22-12-16(17(23)13-22)21-10-8-20(9-11-21)15-6-4-5-7-18(15)25-2/h4-7,16-17,23H,3,8-14H2,1-2H3/t16-,17-/m0/s1. The smallest absolute Gasteiger partial charge is 0.248 e. The van der Waals surface area contributed by atoms with Gasteiger partial charge in [-0.2, -0.15) is 0 Å². The zero-order valence-electron chi connectivity index (χ0n) is 15.6. The number of benzene rings is 1. The topological polar surface area (TPSA) is 65.5 Å². The lowest BCUT2D eigenvalue weighted by atomic mass is 10.1. The van der Waals surface area contributed by atoms with Gasteiger partial charge in [0.2, 0.25) is 5.91 Å². The Morgan fingerprint density at radius 2 is 1.92 bits per heavy atom. The molecule has 2 aliphatic rings. The van der Waals surface area contributed by atoms with Crippen LogP contribution in [-0.2, 0) is 9.53 Å². The number of aliphatic hydroxyl groups excluding tert-OH is 1. The normalized spacial score (nSPS) is 24.1. The molecule has 0 aliphatic carbocycles. The highest BCUT2D eigenvalue weighted by Gasteiger charge is 2.38. The molecule has 2 atom stereocenters. The zero-order valence-corrected chi connectivity index (χ0v) is 15.6. The number of carbonyl (C=O) groups excluding carboxylic acids is 1. The Balaban J connectivity index is 1.55. The molecular formula is C19H29N3O4. The number of likely N-dealkylation sites (tertiary alicyclic amines) is 1. The Morgan fingerprint density at radius 1 is 1.19 bits per heavy atom. The van der Waals surface area contributed by atoms with E-state index in [2.05, 4.69) is 15.9 Å². The number of hydrogen-bond donors (Lipinski definition) is 1. The third kappa shape index (κ3) is 4.11. The molecule has 26 heavy (non-hydrogen) atoms. The van der Waals surface area contributed by atoms with Crippen molar-refractivity contribution in [3.63, 3.8) is 0 Å². The number of piperazine rings is 1. The summed E-state index contributed by atoms with van der Waals surface area (Å²) < 4.78 is 10.7. The van der Waals surface area contributed by atoms with Crippen molar-refractivity contribution in [1.82, 2.24) is 9.80 Å². The highest BCUT2D eigenvalue weighted by atomic mass is 16.5. The average molecular weight is 363 g/mol. The molecule has 1 aromatic rings. The fourth-order valence-corrected chi connectivity index (χ4v) is 3.80. The minimum absolute atomic E-state index is 0.000366. The average Bonchev–Trinajstić information content (AvgIpc) is 3.08. The van der Waals surface area contributed by atoms with Gasteiger partial charge in [-0.3, -0.25) is 9.69 Å². The van der Waals surface area contributed by atoms with E-state index in [1.807, 2.05) is 25.1 Å². The molecular weight excluding hydrogens is 334 g/mol. The first-order valence-electron chi connectivity index (χ1n) is 9.29. The summed E-state index contributed by atoms with van der Waals surface area (Å²) in [5, 5.41) is 10.4. The largest absolute Gasteiger partial charge is 0.495 e. The van der Waals surface area contributed by atoms with E-state index in [1.54, 1.807) is 12.0 Å². The van der Waals surface area contributed by atoms with Gasteiger partial charge in [-0.25, -0.2) is 0 Å². The third-order valence-electron chi connectivity index (χ3n) is 5.25. The van der Waals surface area contributed by atoms with Crippen LogP contribution in [0, 0.1) is 0 Å². The first-order chi connectivity index (χ1) is 12.6. The monoisotopic (exact) mass is 363 g/mol. The van der Waals surface area contributed by atoms with Crippen molar-refractivity contribution in [3.05, 3.63) is 24.3 Å². The van der Waals surface area contributed by atoms with Crippen molar-refractivity contribution in [2.45, 2.75) is 19.1 Å². The van der Waals surface area contributed by atoms with Crippen molar-refractivity contribution >= 4 is 11.6 Å². The molecule has 7 heteroatoms. The van der Waals surface area contributed by atoms with Gasteiger partial charge in [0.15, 0.2) is 0 Å². The molecule has 0 unspecified atom stereocenters. The molecule has 0 radical (unpaired) electrons. The fourth-order valence-electron chi connectivity index (χ4n) is 3.80. The summed E-state index contributed by atoms with van der Waals surface area (Å²) in [6, 6.07) is 8.05. The van der Waals surface area contributed by atoms with E-state index in [-0.39, 0.29) is 18.6 Å². The maximum absolute atomic E-state index is 12.1. The second-order valence-corrected chi connectivity index (χ2v) is 6.77. The van der Waals surface area contributed by atoms with Gasteiger partial charge in [0, 0.05) is 45.9 Å². The number of β-amino-alcohol motifs (C(OH)–C–C–N with tert-alkyl or cyclic N) is 1.